The van der Waals surface area contributed by atoms with Gasteiger partial charge in [0.25, 0.3) is 5.91 Å². The van der Waals surface area contributed by atoms with Crippen LogP contribution in [0.2, 0.25) is 0 Å². The van der Waals surface area contributed by atoms with E-state index < -0.39 is 5.91 Å². The van der Waals surface area contributed by atoms with Crippen LogP contribution in [0.3, 0.4) is 0 Å². The second-order valence-corrected chi connectivity index (χ2v) is 5.80. The van der Waals surface area contributed by atoms with Gasteiger partial charge >= 0.3 is 0 Å². The molecular weight excluding hydrogens is 252 g/mol. The predicted molar refractivity (Wildman–Crippen MR) is 78.9 cm³/mol. The van der Waals surface area contributed by atoms with Crippen LogP contribution in [0.1, 0.15) is 40.9 Å². The Bertz CT molecular complexity index is 509. The van der Waals surface area contributed by atoms with Crippen LogP contribution < -0.4 is 16.4 Å². The minimum atomic E-state index is -0.392. The van der Waals surface area contributed by atoms with E-state index in [4.69, 9.17) is 5.73 Å². The number of amides is 1. The number of aryl methyl sites for hydroxylation is 2. The van der Waals surface area contributed by atoms with E-state index in [-0.39, 0.29) is 0 Å². The van der Waals surface area contributed by atoms with Crippen LogP contribution in [0.15, 0.2) is 6.07 Å². The summed E-state index contributed by atoms with van der Waals surface area (Å²) in [6.07, 6.45) is 5.57. The first-order valence-corrected chi connectivity index (χ1v) is 7.51. The number of piperidine rings is 1. The number of aromatic nitrogens is 1. The van der Waals surface area contributed by atoms with Crippen molar-refractivity contribution in [3.8, 4) is 0 Å². The molecule has 1 amide bonds. The lowest BCUT2D eigenvalue weighted by Gasteiger charge is -2.23. The van der Waals surface area contributed by atoms with E-state index in [0.717, 1.165) is 44.6 Å². The van der Waals surface area contributed by atoms with Gasteiger partial charge in [-0.1, -0.05) is 0 Å². The topological polar surface area (TPSA) is 80.0 Å². The first-order valence-electron chi connectivity index (χ1n) is 7.51. The van der Waals surface area contributed by atoms with Crippen molar-refractivity contribution >= 4 is 11.7 Å². The van der Waals surface area contributed by atoms with Gasteiger partial charge in [-0.05, 0) is 62.7 Å². The lowest BCUT2D eigenvalue weighted by atomic mass is 9.99. The summed E-state index contributed by atoms with van der Waals surface area (Å²) < 4.78 is 0. The molecule has 1 aliphatic heterocycles. The van der Waals surface area contributed by atoms with Crippen molar-refractivity contribution in [2.45, 2.75) is 32.1 Å². The van der Waals surface area contributed by atoms with Gasteiger partial charge in [0.05, 0.1) is 5.56 Å². The Labute approximate surface area is 119 Å². The molecule has 5 heteroatoms. The smallest absolute Gasteiger partial charge is 0.252 e. The molecule has 1 saturated heterocycles. The summed E-state index contributed by atoms with van der Waals surface area (Å²) in [5.41, 5.74) is 8.33. The highest BCUT2D eigenvalue weighted by molar-refractivity contribution is 5.97. The van der Waals surface area contributed by atoms with E-state index in [2.05, 4.69) is 15.6 Å². The van der Waals surface area contributed by atoms with Crippen LogP contribution in [0.4, 0.5) is 5.82 Å². The van der Waals surface area contributed by atoms with E-state index in [1.54, 1.807) is 0 Å². The van der Waals surface area contributed by atoms with E-state index in [0.29, 0.717) is 17.3 Å². The number of fused-ring (bicyclic) bond motifs is 1. The molecule has 1 aromatic rings. The van der Waals surface area contributed by atoms with Crippen molar-refractivity contribution in [3.05, 3.63) is 22.9 Å². The highest BCUT2D eigenvalue weighted by Gasteiger charge is 2.20. The van der Waals surface area contributed by atoms with Crippen LogP contribution in [-0.4, -0.2) is 30.5 Å². The molecule has 108 valence electrons. The molecule has 1 unspecified atom stereocenters. The summed E-state index contributed by atoms with van der Waals surface area (Å²) in [7, 11) is 0. The molecule has 1 atom stereocenters. The number of nitrogens with two attached hydrogens (primary N) is 1. The van der Waals surface area contributed by atoms with E-state index in [1.807, 2.05) is 6.07 Å². The Balaban J connectivity index is 1.75. The molecule has 4 N–H and O–H groups in total. The normalized spacial score (nSPS) is 21.5. The van der Waals surface area contributed by atoms with E-state index in [9.17, 15) is 4.79 Å². The van der Waals surface area contributed by atoms with Gasteiger partial charge in [0.1, 0.15) is 5.82 Å². The Morgan fingerprint density at radius 3 is 3.10 bits per heavy atom. The van der Waals surface area contributed by atoms with Gasteiger partial charge in [-0.3, -0.25) is 4.79 Å². The molecule has 2 heterocycles. The number of nitrogens with zero attached hydrogens (tertiary/aromatic N) is 1. The van der Waals surface area contributed by atoms with Crippen molar-refractivity contribution in [1.82, 2.24) is 10.3 Å². The number of carbonyl (C=O) groups is 1. The molecule has 0 bridgehead atoms. The third-order valence-corrected chi connectivity index (χ3v) is 4.27. The fourth-order valence-electron chi connectivity index (χ4n) is 3.13. The van der Waals surface area contributed by atoms with Gasteiger partial charge in [0.15, 0.2) is 0 Å². The maximum Gasteiger partial charge on any atom is 0.252 e. The quantitative estimate of drug-likeness (QED) is 0.767. The number of hydrogen-bond donors (Lipinski definition) is 3. The zero-order valence-electron chi connectivity index (χ0n) is 11.7. The van der Waals surface area contributed by atoms with Crippen molar-refractivity contribution in [3.63, 3.8) is 0 Å². The Kier molecular flexibility index (Phi) is 3.87. The van der Waals surface area contributed by atoms with Crippen LogP contribution >= 0.6 is 0 Å². The number of pyridine rings is 1. The molecule has 2 aliphatic rings. The maximum absolute atomic E-state index is 11.6. The number of anilines is 1. The molecule has 1 aromatic heterocycles. The third-order valence-electron chi connectivity index (χ3n) is 4.27. The standard InChI is InChI=1S/C15H22N4O/c16-14(20)12-7-11-4-1-5-13(11)19-15(12)18-9-10-3-2-6-17-8-10/h7,10,17H,1-6,8-9H2,(H2,16,20)(H,18,19). The summed E-state index contributed by atoms with van der Waals surface area (Å²) in [5, 5.41) is 6.74. The molecule has 20 heavy (non-hydrogen) atoms. The third kappa shape index (κ3) is 2.77. The zero-order valence-corrected chi connectivity index (χ0v) is 11.7. The van der Waals surface area contributed by atoms with Gasteiger partial charge in [-0.15, -0.1) is 0 Å². The van der Waals surface area contributed by atoms with Gasteiger partial charge in [0.2, 0.25) is 0 Å². The number of rotatable bonds is 4. The summed E-state index contributed by atoms with van der Waals surface area (Å²) in [6.45, 7) is 2.99. The molecule has 0 spiro atoms. The number of nitrogens with one attached hydrogen (secondary N) is 2. The number of hydrogen-bond acceptors (Lipinski definition) is 4. The zero-order chi connectivity index (χ0) is 13.9. The molecule has 0 radical (unpaired) electrons. The minimum Gasteiger partial charge on any atom is -0.369 e. The Morgan fingerprint density at radius 1 is 1.45 bits per heavy atom. The summed E-state index contributed by atoms with van der Waals surface area (Å²) >= 11 is 0. The molecule has 1 fully saturated rings. The molecule has 0 saturated carbocycles. The molecular formula is C15H22N4O. The van der Waals surface area contributed by atoms with Crippen molar-refractivity contribution in [1.29, 1.82) is 0 Å². The van der Waals surface area contributed by atoms with E-state index >= 15 is 0 Å². The Morgan fingerprint density at radius 2 is 2.35 bits per heavy atom. The molecule has 3 rings (SSSR count). The van der Waals surface area contributed by atoms with Crippen LogP contribution in [0.25, 0.3) is 0 Å². The highest BCUT2D eigenvalue weighted by atomic mass is 16.1. The van der Waals surface area contributed by atoms with Gasteiger partial charge in [0, 0.05) is 12.2 Å². The fourth-order valence-corrected chi connectivity index (χ4v) is 3.13. The van der Waals surface area contributed by atoms with Crippen LogP contribution in [0.5, 0.6) is 0 Å². The second-order valence-electron chi connectivity index (χ2n) is 5.80. The second kappa shape index (κ2) is 5.79. The van der Waals surface area contributed by atoms with Crippen molar-refractivity contribution in [2.24, 2.45) is 11.7 Å². The maximum atomic E-state index is 11.6. The first kappa shape index (κ1) is 13.4. The molecule has 5 nitrogen and oxygen atoms in total. The lowest BCUT2D eigenvalue weighted by Crippen LogP contribution is -2.34. The fraction of sp³-hybridized carbons (Fsp3) is 0.600. The largest absolute Gasteiger partial charge is 0.369 e. The SMILES string of the molecule is NC(=O)c1cc2c(nc1NCC1CCCNC1)CCC2. The highest BCUT2D eigenvalue weighted by Crippen LogP contribution is 2.25. The Hall–Kier alpha value is -1.62. The minimum absolute atomic E-state index is 0.392. The van der Waals surface area contributed by atoms with Crippen molar-refractivity contribution < 1.29 is 4.79 Å². The lowest BCUT2D eigenvalue weighted by molar-refractivity contribution is 0.100. The monoisotopic (exact) mass is 274 g/mol. The number of carbonyl (C=O) groups excluding carboxylic acids is 1. The van der Waals surface area contributed by atoms with Gasteiger partial charge in [-0.2, -0.15) is 0 Å². The molecule has 0 aromatic carbocycles. The van der Waals surface area contributed by atoms with Gasteiger partial charge in [-0.25, -0.2) is 4.98 Å². The summed E-state index contributed by atoms with van der Waals surface area (Å²) in [6, 6.07) is 1.93. The summed E-state index contributed by atoms with van der Waals surface area (Å²) in [4.78, 5) is 16.2. The first-order chi connectivity index (χ1) is 9.74. The van der Waals surface area contributed by atoms with E-state index in [1.165, 1.54) is 18.4 Å². The van der Waals surface area contributed by atoms with Crippen molar-refractivity contribution in [2.75, 3.05) is 25.0 Å². The van der Waals surface area contributed by atoms with Crippen LogP contribution in [0, 0.1) is 5.92 Å². The average Bonchev–Trinajstić information content (AvgIpc) is 2.92. The van der Waals surface area contributed by atoms with Gasteiger partial charge < -0.3 is 16.4 Å². The average molecular weight is 274 g/mol. The summed E-state index contributed by atoms with van der Waals surface area (Å²) in [5.74, 6) is 0.875. The van der Waals surface area contributed by atoms with Crippen LogP contribution in [-0.2, 0) is 12.8 Å². The molecule has 1 aliphatic carbocycles. The predicted octanol–water partition coefficient (Wildman–Crippen LogP) is 1.08. The number of primary amides is 1.